The SMILES string of the molecule is Cc1ccc2c(c1)Oc1cc(OS(=O)(=O)C(F)(F)F)ccc1C21OC(=O)c2cc(C(C)(C)C)ccc21. The van der Waals surface area contributed by atoms with Crippen LogP contribution in [0.4, 0.5) is 13.2 Å². The van der Waals surface area contributed by atoms with Crippen molar-refractivity contribution in [1.82, 2.24) is 0 Å². The lowest BCUT2D eigenvalue weighted by Gasteiger charge is -2.36. The number of benzene rings is 3. The fourth-order valence-corrected chi connectivity index (χ4v) is 4.96. The summed E-state index contributed by atoms with van der Waals surface area (Å²) >= 11 is 0. The minimum absolute atomic E-state index is 0.00326. The van der Waals surface area contributed by atoms with Crippen LogP contribution in [0, 0.1) is 6.92 Å². The first-order chi connectivity index (χ1) is 16.6. The molecule has 188 valence electrons. The maximum Gasteiger partial charge on any atom is 0.534 e. The molecule has 1 unspecified atom stereocenters. The standard InChI is InChI=1S/C26H21F3O6S/c1-14-5-8-19-21(11-14)33-22-13-16(35-36(31,32)26(27,28)29)7-10-20(22)25(19)18-9-6-15(24(2,3)4)12-17(18)23(30)34-25/h5-13H,1-4H3. The van der Waals surface area contributed by atoms with Crippen molar-refractivity contribution in [3.8, 4) is 17.2 Å². The van der Waals surface area contributed by atoms with Crippen molar-refractivity contribution in [2.24, 2.45) is 0 Å². The minimum atomic E-state index is -5.89. The predicted octanol–water partition coefficient (Wildman–Crippen LogP) is 6.09. The Kier molecular flexibility index (Phi) is 5.03. The number of aryl methyl sites for hydroxylation is 1. The summed E-state index contributed by atoms with van der Waals surface area (Å²) in [4.78, 5) is 13.2. The van der Waals surface area contributed by atoms with Gasteiger partial charge in [-0.1, -0.05) is 45.0 Å². The Morgan fingerprint density at radius 3 is 2.11 bits per heavy atom. The van der Waals surface area contributed by atoms with Gasteiger partial charge in [0.2, 0.25) is 0 Å². The van der Waals surface area contributed by atoms with Gasteiger partial charge < -0.3 is 13.7 Å². The molecule has 3 aromatic carbocycles. The second-order valence-electron chi connectivity index (χ2n) is 9.82. The lowest BCUT2D eigenvalue weighted by Crippen LogP contribution is -2.33. The molecule has 2 aliphatic rings. The number of fused-ring (bicyclic) bond motifs is 6. The monoisotopic (exact) mass is 518 g/mol. The Hall–Kier alpha value is -3.53. The van der Waals surface area contributed by atoms with E-state index in [-0.39, 0.29) is 11.2 Å². The summed E-state index contributed by atoms with van der Waals surface area (Å²) in [6.45, 7) is 7.88. The topological polar surface area (TPSA) is 78.9 Å². The molecule has 6 nitrogen and oxygen atoms in total. The van der Waals surface area contributed by atoms with Crippen molar-refractivity contribution in [3.63, 3.8) is 0 Å². The minimum Gasteiger partial charge on any atom is -0.456 e. The van der Waals surface area contributed by atoms with Gasteiger partial charge >= 0.3 is 21.6 Å². The van der Waals surface area contributed by atoms with E-state index in [9.17, 15) is 26.4 Å². The first-order valence-electron chi connectivity index (χ1n) is 11.0. The number of alkyl halides is 3. The molecule has 0 N–H and O–H groups in total. The summed E-state index contributed by atoms with van der Waals surface area (Å²) < 4.78 is 78.0. The van der Waals surface area contributed by atoms with Gasteiger partial charge in [0.1, 0.15) is 17.2 Å². The van der Waals surface area contributed by atoms with Crippen LogP contribution in [-0.4, -0.2) is 19.9 Å². The number of carbonyl (C=O) groups is 1. The smallest absolute Gasteiger partial charge is 0.456 e. The summed E-state index contributed by atoms with van der Waals surface area (Å²) in [7, 11) is -5.89. The molecule has 3 aromatic rings. The molecular formula is C26H21F3O6S. The van der Waals surface area contributed by atoms with Crippen LogP contribution in [0.2, 0.25) is 0 Å². The van der Waals surface area contributed by atoms with Gasteiger partial charge in [-0.25, -0.2) is 4.79 Å². The lowest BCUT2D eigenvalue weighted by atomic mass is 9.76. The zero-order valence-corrected chi connectivity index (χ0v) is 20.5. The predicted molar refractivity (Wildman–Crippen MR) is 124 cm³/mol. The molecule has 0 aromatic heterocycles. The van der Waals surface area contributed by atoms with E-state index in [2.05, 4.69) is 4.18 Å². The van der Waals surface area contributed by atoms with E-state index in [1.165, 1.54) is 6.07 Å². The van der Waals surface area contributed by atoms with Gasteiger partial charge in [0.05, 0.1) is 5.56 Å². The number of halogens is 3. The van der Waals surface area contributed by atoms with Gasteiger partial charge in [-0.3, -0.25) is 0 Å². The van der Waals surface area contributed by atoms with Crippen molar-refractivity contribution in [2.75, 3.05) is 0 Å². The first kappa shape index (κ1) is 24.2. The highest BCUT2D eigenvalue weighted by atomic mass is 32.2. The van der Waals surface area contributed by atoms with Crippen molar-refractivity contribution < 1.29 is 40.0 Å². The van der Waals surface area contributed by atoms with Crippen LogP contribution in [0.3, 0.4) is 0 Å². The van der Waals surface area contributed by atoms with Crippen LogP contribution in [-0.2, 0) is 25.9 Å². The molecule has 0 saturated carbocycles. The van der Waals surface area contributed by atoms with E-state index < -0.39 is 32.9 Å². The summed E-state index contributed by atoms with van der Waals surface area (Å²) in [5, 5.41) is 0. The largest absolute Gasteiger partial charge is 0.534 e. The van der Waals surface area contributed by atoms with E-state index in [0.29, 0.717) is 28.0 Å². The number of carbonyl (C=O) groups excluding carboxylic acids is 1. The second-order valence-corrected chi connectivity index (χ2v) is 11.4. The number of rotatable bonds is 2. The third-order valence-electron chi connectivity index (χ3n) is 6.29. The van der Waals surface area contributed by atoms with Crippen LogP contribution in [0.5, 0.6) is 17.2 Å². The van der Waals surface area contributed by atoms with Gasteiger partial charge in [-0.05, 0) is 47.7 Å². The number of hydrogen-bond acceptors (Lipinski definition) is 6. The van der Waals surface area contributed by atoms with Crippen molar-refractivity contribution in [2.45, 2.75) is 44.2 Å². The van der Waals surface area contributed by atoms with Gasteiger partial charge in [-0.2, -0.15) is 21.6 Å². The zero-order chi connectivity index (χ0) is 26.3. The van der Waals surface area contributed by atoms with E-state index >= 15 is 0 Å². The molecular weight excluding hydrogens is 497 g/mol. The summed E-state index contributed by atoms with van der Waals surface area (Å²) in [5.41, 5.74) is -3.75. The molecule has 2 aliphatic heterocycles. The van der Waals surface area contributed by atoms with Crippen LogP contribution in [0.15, 0.2) is 54.6 Å². The Balaban J connectivity index is 1.73. The molecule has 0 fully saturated rings. The Morgan fingerprint density at radius 1 is 0.861 bits per heavy atom. The third kappa shape index (κ3) is 3.54. The molecule has 0 bridgehead atoms. The molecule has 1 atom stereocenters. The Labute approximate surface area is 205 Å². The Bertz CT molecular complexity index is 1540. The molecule has 0 radical (unpaired) electrons. The van der Waals surface area contributed by atoms with Gasteiger partial charge in [-0.15, -0.1) is 0 Å². The maximum atomic E-state index is 13.2. The molecule has 2 heterocycles. The number of esters is 1. The first-order valence-corrected chi connectivity index (χ1v) is 12.4. The number of ether oxygens (including phenoxy) is 2. The second kappa shape index (κ2) is 7.49. The summed E-state index contributed by atoms with van der Waals surface area (Å²) in [6.07, 6.45) is 0. The molecule has 5 rings (SSSR count). The van der Waals surface area contributed by atoms with E-state index in [1.54, 1.807) is 24.3 Å². The van der Waals surface area contributed by atoms with Crippen LogP contribution < -0.4 is 8.92 Å². The molecule has 0 saturated heterocycles. The molecule has 0 amide bonds. The average molecular weight is 519 g/mol. The molecule has 36 heavy (non-hydrogen) atoms. The van der Waals surface area contributed by atoms with Gasteiger partial charge in [0.25, 0.3) is 0 Å². The highest BCUT2D eigenvalue weighted by Crippen LogP contribution is 2.57. The highest BCUT2D eigenvalue weighted by molar-refractivity contribution is 7.88. The maximum absolute atomic E-state index is 13.2. The van der Waals surface area contributed by atoms with Crippen molar-refractivity contribution >= 4 is 16.1 Å². The van der Waals surface area contributed by atoms with Crippen molar-refractivity contribution in [3.05, 3.63) is 88.0 Å². The molecule has 1 spiro atoms. The van der Waals surface area contributed by atoms with E-state index in [1.807, 2.05) is 39.8 Å². The van der Waals surface area contributed by atoms with Gasteiger partial charge in [0, 0.05) is 22.8 Å². The normalized spacial score (nSPS) is 18.7. The quantitative estimate of drug-likeness (QED) is 0.232. The van der Waals surface area contributed by atoms with Gasteiger partial charge in [0.15, 0.2) is 5.60 Å². The third-order valence-corrected chi connectivity index (χ3v) is 7.27. The zero-order valence-electron chi connectivity index (χ0n) is 19.7. The number of hydrogen-bond donors (Lipinski definition) is 0. The van der Waals surface area contributed by atoms with Crippen LogP contribution >= 0.6 is 0 Å². The lowest BCUT2D eigenvalue weighted by molar-refractivity contribution is -0.0500. The summed E-state index contributed by atoms with van der Waals surface area (Å²) in [6, 6.07) is 14.3. The van der Waals surface area contributed by atoms with E-state index in [4.69, 9.17) is 9.47 Å². The fourth-order valence-electron chi connectivity index (χ4n) is 4.51. The molecule has 0 aliphatic carbocycles. The fraction of sp³-hybridized carbons (Fsp3) is 0.269. The van der Waals surface area contributed by atoms with Crippen molar-refractivity contribution in [1.29, 1.82) is 0 Å². The van der Waals surface area contributed by atoms with Crippen LogP contribution in [0.25, 0.3) is 0 Å². The highest BCUT2D eigenvalue weighted by Gasteiger charge is 2.54. The summed E-state index contributed by atoms with van der Waals surface area (Å²) in [5.74, 6) is -0.831. The molecule has 10 heteroatoms. The Morgan fingerprint density at radius 2 is 1.47 bits per heavy atom. The van der Waals surface area contributed by atoms with Crippen LogP contribution in [0.1, 0.15) is 58.9 Å². The van der Waals surface area contributed by atoms with E-state index in [0.717, 1.165) is 23.3 Å². The average Bonchev–Trinajstić information content (AvgIpc) is 3.04.